The Hall–Kier alpha value is -2.03. The molecule has 0 bridgehead atoms. The second-order valence-electron chi connectivity index (χ2n) is 4.90. The Morgan fingerprint density at radius 2 is 1.54 bits per heavy atom. The van der Waals surface area contributed by atoms with E-state index in [2.05, 4.69) is 5.32 Å². The van der Waals surface area contributed by atoms with Gasteiger partial charge in [0, 0.05) is 15.9 Å². The summed E-state index contributed by atoms with van der Waals surface area (Å²) >= 11 is 1.28. The van der Waals surface area contributed by atoms with Crippen molar-refractivity contribution >= 4 is 22.9 Å². The summed E-state index contributed by atoms with van der Waals surface area (Å²) in [6.07, 6.45) is -9.25. The molecule has 0 unspecified atom stereocenters. The Balaban J connectivity index is 2.36. The summed E-state index contributed by atoms with van der Waals surface area (Å²) in [5.41, 5.74) is -3.34. The molecule has 2 rings (SSSR count). The largest absolute Gasteiger partial charge is 0.416 e. The van der Waals surface area contributed by atoms with Crippen LogP contribution >= 0.6 is 11.3 Å². The molecule has 2 nitrogen and oxygen atoms in total. The van der Waals surface area contributed by atoms with E-state index >= 15 is 0 Å². The summed E-state index contributed by atoms with van der Waals surface area (Å²) < 4.78 is 76.6. The van der Waals surface area contributed by atoms with Crippen molar-refractivity contribution in [3.63, 3.8) is 0 Å². The zero-order valence-electron chi connectivity index (χ0n) is 12.2. The lowest BCUT2D eigenvalue weighted by molar-refractivity contribution is -0.143. The third-order valence-corrected chi connectivity index (χ3v) is 4.19. The molecule has 0 aliphatic heterocycles. The molecule has 1 amide bonds. The summed E-state index contributed by atoms with van der Waals surface area (Å²) in [5, 5.41) is 3.58. The van der Waals surface area contributed by atoms with Gasteiger partial charge < -0.3 is 5.32 Å². The number of thiophene rings is 1. The molecule has 0 saturated heterocycles. The molecule has 0 atom stereocenters. The molecule has 9 heteroatoms. The van der Waals surface area contributed by atoms with Crippen LogP contribution in [-0.4, -0.2) is 5.91 Å². The molecule has 0 spiro atoms. The summed E-state index contributed by atoms with van der Waals surface area (Å²) in [6, 6.07) is 2.49. The van der Waals surface area contributed by atoms with Gasteiger partial charge in [0.1, 0.15) is 0 Å². The first-order valence-corrected chi connectivity index (χ1v) is 7.57. The highest BCUT2D eigenvalue weighted by Crippen LogP contribution is 2.37. The summed E-state index contributed by atoms with van der Waals surface area (Å²) in [6.45, 7) is 1.86. The van der Waals surface area contributed by atoms with Gasteiger partial charge in [0.05, 0.1) is 16.7 Å². The number of carbonyl (C=O) groups is 1. The quantitative estimate of drug-likeness (QED) is 0.703. The number of amides is 1. The number of hydrogen-bond donors (Lipinski definition) is 1. The van der Waals surface area contributed by atoms with E-state index in [4.69, 9.17) is 0 Å². The van der Waals surface area contributed by atoms with Gasteiger partial charge in [-0.05, 0) is 30.7 Å². The fraction of sp³-hybridized carbons (Fsp3) is 0.267. The van der Waals surface area contributed by atoms with Crippen LogP contribution in [0, 0.1) is 0 Å². The van der Waals surface area contributed by atoms with Gasteiger partial charge in [-0.2, -0.15) is 26.3 Å². The van der Waals surface area contributed by atoms with Crippen LogP contribution in [0.3, 0.4) is 0 Å². The molecule has 1 aromatic heterocycles. The van der Waals surface area contributed by atoms with Crippen molar-refractivity contribution in [1.82, 2.24) is 0 Å². The van der Waals surface area contributed by atoms with Gasteiger partial charge in [-0.25, -0.2) is 0 Å². The monoisotopic (exact) mass is 367 g/mol. The molecular weight excluding hydrogens is 356 g/mol. The highest BCUT2D eigenvalue weighted by molar-refractivity contribution is 7.10. The molecule has 2 aromatic rings. The van der Waals surface area contributed by atoms with Crippen molar-refractivity contribution in [2.24, 2.45) is 0 Å². The van der Waals surface area contributed by atoms with E-state index in [9.17, 15) is 31.1 Å². The van der Waals surface area contributed by atoms with Crippen LogP contribution in [0.25, 0.3) is 0 Å². The minimum absolute atomic E-state index is 0.00936. The summed E-state index contributed by atoms with van der Waals surface area (Å²) in [4.78, 5) is 12.9. The van der Waals surface area contributed by atoms with Crippen LogP contribution in [0.15, 0.2) is 29.6 Å². The predicted octanol–water partition coefficient (Wildman–Crippen LogP) is 5.60. The number of hydrogen-bond acceptors (Lipinski definition) is 2. The normalized spacial score (nSPS) is 12.3. The standard InChI is InChI=1S/C15H11F6NOS/c1-2-12-3-8(7-24-12)13(23)22-11-5-9(14(16,17)18)4-10(6-11)15(19,20)21/h3-7H,2H2,1H3,(H,22,23). The lowest BCUT2D eigenvalue weighted by Crippen LogP contribution is -2.15. The van der Waals surface area contributed by atoms with Gasteiger partial charge in [0.15, 0.2) is 0 Å². The molecule has 130 valence electrons. The smallest absolute Gasteiger partial charge is 0.322 e. The molecule has 0 aliphatic carbocycles. The fourth-order valence-corrected chi connectivity index (χ4v) is 2.73. The van der Waals surface area contributed by atoms with Gasteiger partial charge >= 0.3 is 12.4 Å². The number of nitrogens with one attached hydrogen (secondary N) is 1. The van der Waals surface area contributed by atoms with E-state index in [1.54, 1.807) is 0 Å². The minimum Gasteiger partial charge on any atom is -0.322 e. The number of aryl methyl sites for hydroxylation is 1. The maximum absolute atomic E-state index is 12.8. The zero-order valence-corrected chi connectivity index (χ0v) is 13.0. The van der Waals surface area contributed by atoms with Crippen molar-refractivity contribution in [2.45, 2.75) is 25.7 Å². The van der Waals surface area contributed by atoms with Gasteiger partial charge in [-0.3, -0.25) is 4.79 Å². The van der Waals surface area contributed by atoms with Gasteiger partial charge in [-0.1, -0.05) is 6.92 Å². The van der Waals surface area contributed by atoms with E-state index < -0.39 is 35.1 Å². The van der Waals surface area contributed by atoms with Crippen LogP contribution in [-0.2, 0) is 18.8 Å². The molecule has 1 N–H and O–H groups in total. The van der Waals surface area contributed by atoms with Crippen LogP contribution in [0.2, 0.25) is 0 Å². The zero-order chi connectivity index (χ0) is 18.1. The molecule has 0 fully saturated rings. The second kappa shape index (κ2) is 6.46. The van der Waals surface area contributed by atoms with E-state index in [0.717, 1.165) is 4.88 Å². The van der Waals surface area contributed by atoms with E-state index in [-0.39, 0.29) is 11.6 Å². The molecule has 0 saturated carbocycles. The molecule has 1 heterocycles. The second-order valence-corrected chi connectivity index (χ2v) is 5.90. The highest BCUT2D eigenvalue weighted by atomic mass is 32.1. The van der Waals surface area contributed by atoms with Crippen LogP contribution in [0.1, 0.15) is 33.3 Å². The maximum atomic E-state index is 12.8. The summed E-state index contributed by atoms with van der Waals surface area (Å²) in [7, 11) is 0. The number of carbonyl (C=O) groups excluding carboxylic acids is 1. The lowest BCUT2D eigenvalue weighted by Gasteiger charge is -2.14. The SMILES string of the molecule is CCc1cc(C(=O)Nc2cc(C(F)(F)F)cc(C(F)(F)F)c2)cs1. The first-order valence-electron chi connectivity index (χ1n) is 6.69. The predicted molar refractivity (Wildman–Crippen MR) is 78.1 cm³/mol. The Morgan fingerprint density at radius 3 is 1.96 bits per heavy atom. The first kappa shape index (κ1) is 18.3. The fourth-order valence-electron chi connectivity index (χ4n) is 1.92. The van der Waals surface area contributed by atoms with E-state index in [1.807, 2.05) is 6.92 Å². The minimum atomic E-state index is -4.96. The van der Waals surface area contributed by atoms with Gasteiger partial charge in [0.2, 0.25) is 0 Å². The van der Waals surface area contributed by atoms with E-state index in [1.165, 1.54) is 22.8 Å². The maximum Gasteiger partial charge on any atom is 0.416 e. The Morgan fingerprint density at radius 1 is 1.00 bits per heavy atom. The van der Waals surface area contributed by atoms with Crippen molar-refractivity contribution in [1.29, 1.82) is 0 Å². The van der Waals surface area contributed by atoms with Crippen LogP contribution in [0.5, 0.6) is 0 Å². The highest BCUT2D eigenvalue weighted by Gasteiger charge is 2.37. The average molecular weight is 367 g/mol. The number of halogens is 6. The third-order valence-electron chi connectivity index (χ3n) is 3.11. The summed E-state index contributed by atoms with van der Waals surface area (Å²) in [5.74, 6) is -0.765. The average Bonchev–Trinajstić information content (AvgIpc) is 2.94. The number of benzene rings is 1. The first-order chi connectivity index (χ1) is 11.0. The third kappa shape index (κ3) is 4.28. The molecule has 0 aliphatic rings. The number of rotatable bonds is 3. The van der Waals surface area contributed by atoms with Crippen molar-refractivity contribution in [3.8, 4) is 0 Å². The van der Waals surface area contributed by atoms with Crippen molar-refractivity contribution in [3.05, 3.63) is 51.2 Å². The molecule has 1 aromatic carbocycles. The lowest BCUT2D eigenvalue weighted by atomic mass is 10.1. The van der Waals surface area contributed by atoms with Gasteiger partial charge in [-0.15, -0.1) is 11.3 Å². The van der Waals surface area contributed by atoms with Gasteiger partial charge in [0.25, 0.3) is 5.91 Å². The molecular formula is C15H11F6NOS. The van der Waals surface area contributed by atoms with E-state index in [0.29, 0.717) is 18.6 Å². The number of alkyl halides is 6. The van der Waals surface area contributed by atoms with Crippen LogP contribution in [0.4, 0.5) is 32.0 Å². The van der Waals surface area contributed by atoms with Crippen LogP contribution < -0.4 is 5.32 Å². The number of anilines is 1. The topological polar surface area (TPSA) is 29.1 Å². The van der Waals surface area contributed by atoms with Crippen molar-refractivity contribution in [2.75, 3.05) is 5.32 Å². The Bertz CT molecular complexity index is 715. The van der Waals surface area contributed by atoms with Crippen molar-refractivity contribution < 1.29 is 31.1 Å². The Kier molecular flexibility index (Phi) is 4.93. The Labute approximate surface area is 137 Å². The molecule has 24 heavy (non-hydrogen) atoms. The molecule has 0 radical (unpaired) electrons.